The summed E-state index contributed by atoms with van der Waals surface area (Å²) in [4.78, 5) is 32.6. The van der Waals surface area contributed by atoms with Gasteiger partial charge in [0.25, 0.3) is 0 Å². The van der Waals surface area contributed by atoms with Crippen LogP contribution in [0.25, 0.3) is 11.3 Å². The van der Waals surface area contributed by atoms with E-state index in [-0.39, 0.29) is 18.2 Å². The van der Waals surface area contributed by atoms with Crippen LogP contribution < -0.4 is 19.7 Å². The molecule has 2 aromatic carbocycles. The van der Waals surface area contributed by atoms with Crippen molar-refractivity contribution in [1.82, 2.24) is 4.98 Å². The van der Waals surface area contributed by atoms with Crippen molar-refractivity contribution in [2.45, 2.75) is 11.3 Å². The normalized spacial score (nSPS) is 15.7. The fourth-order valence-corrected chi connectivity index (χ4v) is 4.69. The largest absolute Gasteiger partial charge is 0.493 e. The quantitative estimate of drug-likeness (QED) is 0.512. The molecule has 1 N–H and O–H groups in total. The number of rotatable bonds is 7. The van der Waals surface area contributed by atoms with E-state index in [2.05, 4.69) is 10.3 Å². The lowest BCUT2D eigenvalue weighted by atomic mass is 10.1. The van der Waals surface area contributed by atoms with Crippen molar-refractivity contribution in [2.75, 3.05) is 37.2 Å². The number of thiazole rings is 1. The highest BCUT2D eigenvalue weighted by Gasteiger charge is 2.35. The molecule has 7 nitrogen and oxygen atoms in total. The van der Waals surface area contributed by atoms with Gasteiger partial charge in [0.05, 0.1) is 25.8 Å². The Kier molecular flexibility index (Phi) is 6.66. The highest BCUT2D eigenvalue weighted by atomic mass is 32.2. The summed E-state index contributed by atoms with van der Waals surface area (Å²) in [6.45, 7) is 0.358. The van der Waals surface area contributed by atoms with Crippen LogP contribution in [0.4, 0.5) is 10.8 Å². The van der Waals surface area contributed by atoms with Crippen molar-refractivity contribution >= 4 is 45.7 Å². The van der Waals surface area contributed by atoms with E-state index >= 15 is 0 Å². The first-order valence-corrected chi connectivity index (χ1v) is 12.1. The minimum atomic E-state index is -0.420. The summed E-state index contributed by atoms with van der Waals surface area (Å²) in [6, 6.07) is 13.3. The van der Waals surface area contributed by atoms with E-state index in [1.54, 1.807) is 30.9 Å². The molecule has 9 heteroatoms. The first kappa shape index (κ1) is 22.2. The fourth-order valence-electron chi connectivity index (χ4n) is 3.56. The lowest BCUT2D eigenvalue weighted by Crippen LogP contribution is -2.28. The number of nitrogens with zero attached hydrogens (tertiary/aromatic N) is 2. The van der Waals surface area contributed by atoms with Crippen LogP contribution in [0.1, 0.15) is 6.42 Å². The second-order valence-corrected chi connectivity index (χ2v) is 8.94. The van der Waals surface area contributed by atoms with E-state index in [0.717, 1.165) is 21.8 Å². The molecule has 1 fully saturated rings. The molecule has 1 atom stereocenters. The van der Waals surface area contributed by atoms with Gasteiger partial charge in [-0.2, -0.15) is 0 Å². The van der Waals surface area contributed by atoms with Crippen molar-refractivity contribution in [3.8, 4) is 22.8 Å². The van der Waals surface area contributed by atoms with E-state index in [0.29, 0.717) is 23.2 Å². The number of carbonyl (C=O) groups excluding carboxylic acids is 2. The molecule has 1 saturated heterocycles. The number of amides is 2. The highest BCUT2D eigenvalue weighted by Crippen LogP contribution is 2.34. The fraction of sp³-hybridized carbons (Fsp3) is 0.261. The van der Waals surface area contributed by atoms with E-state index in [4.69, 9.17) is 9.47 Å². The number of nitrogens with one attached hydrogen (secondary N) is 1. The maximum atomic E-state index is 12.8. The maximum absolute atomic E-state index is 12.8. The molecule has 0 spiro atoms. The van der Waals surface area contributed by atoms with Gasteiger partial charge in [0, 0.05) is 34.5 Å². The Morgan fingerprint density at radius 2 is 1.91 bits per heavy atom. The molecular formula is C23H23N3O4S2. The molecule has 2 heterocycles. The average Bonchev–Trinajstić information content (AvgIpc) is 3.45. The Hall–Kier alpha value is -3.04. The smallest absolute Gasteiger partial charge is 0.231 e. The van der Waals surface area contributed by atoms with Crippen molar-refractivity contribution in [2.24, 2.45) is 5.92 Å². The monoisotopic (exact) mass is 469 g/mol. The van der Waals surface area contributed by atoms with Gasteiger partial charge in [0.2, 0.25) is 11.8 Å². The van der Waals surface area contributed by atoms with Crippen molar-refractivity contribution in [1.29, 1.82) is 0 Å². The van der Waals surface area contributed by atoms with Crippen LogP contribution in [0.15, 0.2) is 52.7 Å². The summed E-state index contributed by atoms with van der Waals surface area (Å²) < 4.78 is 10.6. The molecule has 1 aliphatic heterocycles. The second kappa shape index (κ2) is 9.62. The molecule has 0 aliphatic carbocycles. The van der Waals surface area contributed by atoms with Crippen molar-refractivity contribution < 1.29 is 19.1 Å². The number of hydrogen-bond donors (Lipinski definition) is 1. The van der Waals surface area contributed by atoms with E-state index in [1.165, 1.54) is 11.3 Å². The minimum absolute atomic E-state index is 0.0489. The van der Waals surface area contributed by atoms with Crippen molar-refractivity contribution in [3.05, 3.63) is 47.8 Å². The molecule has 166 valence electrons. The molecule has 1 aliphatic rings. The van der Waals surface area contributed by atoms with Gasteiger partial charge in [-0.1, -0.05) is 0 Å². The topological polar surface area (TPSA) is 80.8 Å². The van der Waals surface area contributed by atoms with E-state index < -0.39 is 5.92 Å². The van der Waals surface area contributed by atoms with Crippen LogP contribution in [0.5, 0.6) is 11.5 Å². The van der Waals surface area contributed by atoms with Gasteiger partial charge < -0.3 is 19.7 Å². The SMILES string of the molecule is COc1ccc(-c2csc(NC(=O)C3CC(=O)N(c4ccc(SC)cc4)C3)n2)cc1OC. The summed E-state index contributed by atoms with van der Waals surface area (Å²) in [6.07, 6.45) is 2.19. The number of hydrogen-bond acceptors (Lipinski definition) is 7. The van der Waals surface area contributed by atoms with E-state index in [1.807, 2.05) is 54.1 Å². The third-order valence-electron chi connectivity index (χ3n) is 5.29. The van der Waals surface area contributed by atoms with Crippen LogP contribution in [-0.2, 0) is 9.59 Å². The lowest BCUT2D eigenvalue weighted by molar-refractivity contribution is -0.122. The molecule has 2 amide bonds. The van der Waals surface area contributed by atoms with Crippen LogP contribution in [0, 0.1) is 5.92 Å². The van der Waals surface area contributed by atoms with Gasteiger partial charge in [-0.05, 0) is 48.7 Å². The van der Waals surface area contributed by atoms with Gasteiger partial charge >= 0.3 is 0 Å². The summed E-state index contributed by atoms with van der Waals surface area (Å²) in [7, 11) is 3.17. The molecule has 32 heavy (non-hydrogen) atoms. The number of carbonyl (C=O) groups is 2. The maximum Gasteiger partial charge on any atom is 0.231 e. The standard InChI is InChI=1S/C23H23N3O4S2/c1-29-19-9-4-14(10-20(19)30-2)18-13-32-23(24-18)25-22(28)15-11-21(27)26(12-15)16-5-7-17(31-3)8-6-16/h4-10,13,15H,11-12H2,1-3H3,(H,24,25,28). The molecule has 4 rings (SSSR count). The number of anilines is 2. The molecule has 1 unspecified atom stereocenters. The number of ether oxygens (including phenoxy) is 2. The van der Waals surface area contributed by atoms with Gasteiger partial charge in [-0.15, -0.1) is 23.1 Å². The average molecular weight is 470 g/mol. The van der Waals surface area contributed by atoms with Gasteiger partial charge in [0.15, 0.2) is 16.6 Å². The van der Waals surface area contributed by atoms with Crippen LogP contribution in [0.2, 0.25) is 0 Å². The highest BCUT2D eigenvalue weighted by molar-refractivity contribution is 7.98. The van der Waals surface area contributed by atoms with Crippen molar-refractivity contribution in [3.63, 3.8) is 0 Å². The van der Waals surface area contributed by atoms with Gasteiger partial charge in [0.1, 0.15) is 0 Å². The first-order chi connectivity index (χ1) is 15.5. The number of aromatic nitrogens is 1. The molecule has 3 aromatic rings. The molecular weight excluding hydrogens is 446 g/mol. The molecule has 0 bridgehead atoms. The Bertz CT molecular complexity index is 1130. The number of benzene rings is 2. The second-order valence-electron chi connectivity index (χ2n) is 7.20. The zero-order chi connectivity index (χ0) is 22.7. The Morgan fingerprint density at radius 3 is 2.59 bits per heavy atom. The molecule has 0 saturated carbocycles. The summed E-state index contributed by atoms with van der Waals surface area (Å²) >= 11 is 2.99. The Labute approximate surface area is 194 Å². The predicted molar refractivity (Wildman–Crippen MR) is 128 cm³/mol. The summed E-state index contributed by atoms with van der Waals surface area (Å²) in [5.41, 5.74) is 2.40. The zero-order valence-electron chi connectivity index (χ0n) is 18.0. The summed E-state index contributed by atoms with van der Waals surface area (Å²) in [5, 5.41) is 5.23. The zero-order valence-corrected chi connectivity index (χ0v) is 19.6. The molecule has 0 radical (unpaired) electrons. The van der Waals surface area contributed by atoms with Crippen LogP contribution in [0.3, 0.4) is 0 Å². The lowest BCUT2D eigenvalue weighted by Gasteiger charge is -2.16. The van der Waals surface area contributed by atoms with E-state index in [9.17, 15) is 9.59 Å². The Morgan fingerprint density at radius 1 is 1.16 bits per heavy atom. The summed E-state index contributed by atoms with van der Waals surface area (Å²) in [5.74, 6) is 0.579. The minimum Gasteiger partial charge on any atom is -0.493 e. The molecule has 1 aromatic heterocycles. The van der Waals surface area contributed by atoms with Gasteiger partial charge in [-0.25, -0.2) is 4.98 Å². The number of thioether (sulfide) groups is 1. The third-order valence-corrected chi connectivity index (χ3v) is 6.79. The predicted octanol–water partition coefficient (Wildman–Crippen LogP) is 4.54. The number of methoxy groups -OCH3 is 2. The van der Waals surface area contributed by atoms with Gasteiger partial charge in [-0.3, -0.25) is 9.59 Å². The van der Waals surface area contributed by atoms with Crippen LogP contribution >= 0.6 is 23.1 Å². The third kappa shape index (κ3) is 4.58. The van der Waals surface area contributed by atoms with Crippen LogP contribution in [-0.4, -0.2) is 43.8 Å². The Balaban J connectivity index is 1.42. The first-order valence-electron chi connectivity index (χ1n) is 9.95.